The third-order valence-electron chi connectivity index (χ3n) is 3.06. The number of nitrogens with zero attached hydrogens (tertiary/aromatic N) is 2. The predicted molar refractivity (Wildman–Crippen MR) is 75.2 cm³/mol. The molecule has 0 aliphatic rings. The fraction of sp³-hybridized carbons (Fsp3) is 0.500. The normalized spacial score (nSPS) is 13.1. The van der Waals surface area contributed by atoms with Crippen LogP contribution in [0.25, 0.3) is 11.0 Å². The molecule has 0 N–H and O–H groups in total. The van der Waals surface area contributed by atoms with Crippen LogP contribution in [0.1, 0.15) is 19.7 Å². The third kappa shape index (κ3) is 3.10. The van der Waals surface area contributed by atoms with Crippen molar-refractivity contribution in [1.29, 1.82) is 0 Å². The van der Waals surface area contributed by atoms with E-state index in [1.165, 1.54) is 6.07 Å². The second-order valence-electron chi connectivity index (χ2n) is 4.60. The van der Waals surface area contributed by atoms with Crippen LogP contribution >= 0.6 is 11.6 Å². The van der Waals surface area contributed by atoms with Gasteiger partial charge in [-0.15, -0.1) is 11.6 Å². The molecule has 0 spiro atoms. The Balaban J connectivity index is 2.50. The van der Waals surface area contributed by atoms with Gasteiger partial charge in [0, 0.05) is 25.0 Å². The van der Waals surface area contributed by atoms with Crippen molar-refractivity contribution in [3.8, 4) is 0 Å². The number of hydrogen-bond acceptors (Lipinski definition) is 2. The minimum atomic E-state index is -0.654. The van der Waals surface area contributed by atoms with E-state index in [1.54, 1.807) is 4.57 Å². The van der Waals surface area contributed by atoms with Crippen molar-refractivity contribution in [1.82, 2.24) is 9.55 Å². The highest BCUT2D eigenvalue weighted by atomic mass is 35.5. The van der Waals surface area contributed by atoms with E-state index in [0.717, 1.165) is 6.07 Å². The van der Waals surface area contributed by atoms with Crippen LogP contribution in [0.2, 0.25) is 0 Å². The maximum atomic E-state index is 13.8. The molecule has 1 heterocycles. The Morgan fingerprint density at radius 1 is 1.40 bits per heavy atom. The van der Waals surface area contributed by atoms with Gasteiger partial charge >= 0.3 is 0 Å². The van der Waals surface area contributed by atoms with Crippen LogP contribution < -0.4 is 0 Å². The summed E-state index contributed by atoms with van der Waals surface area (Å²) < 4.78 is 34.5. The topological polar surface area (TPSA) is 27.1 Å². The molecule has 3 nitrogen and oxygen atoms in total. The van der Waals surface area contributed by atoms with Crippen molar-refractivity contribution in [2.24, 2.45) is 0 Å². The lowest BCUT2D eigenvalue weighted by Crippen LogP contribution is -2.18. The number of imidazole rings is 1. The van der Waals surface area contributed by atoms with Crippen LogP contribution in [-0.4, -0.2) is 28.1 Å². The molecule has 0 amide bonds. The molecular formula is C14H17ClF2N2O. The number of aromatic nitrogens is 2. The lowest BCUT2D eigenvalue weighted by Gasteiger charge is -2.15. The first kappa shape index (κ1) is 15.2. The van der Waals surface area contributed by atoms with E-state index in [4.69, 9.17) is 16.3 Å². The molecule has 0 saturated carbocycles. The summed E-state index contributed by atoms with van der Waals surface area (Å²) >= 11 is 5.75. The molecule has 0 aliphatic carbocycles. The third-order valence-corrected chi connectivity index (χ3v) is 3.25. The summed E-state index contributed by atoms with van der Waals surface area (Å²) in [7, 11) is 0. The van der Waals surface area contributed by atoms with E-state index in [1.807, 2.05) is 13.8 Å². The van der Waals surface area contributed by atoms with E-state index < -0.39 is 11.6 Å². The van der Waals surface area contributed by atoms with Crippen LogP contribution in [-0.2, 0) is 17.7 Å². The van der Waals surface area contributed by atoms with Crippen LogP contribution in [0.15, 0.2) is 12.1 Å². The first-order valence-electron chi connectivity index (χ1n) is 6.58. The molecule has 6 heteroatoms. The van der Waals surface area contributed by atoms with E-state index in [2.05, 4.69) is 4.98 Å². The molecule has 0 radical (unpaired) electrons. The van der Waals surface area contributed by atoms with Crippen molar-refractivity contribution in [3.63, 3.8) is 0 Å². The highest BCUT2D eigenvalue weighted by molar-refractivity contribution is 6.17. The number of aryl methyl sites for hydroxylation is 1. The fourth-order valence-corrected chi connectivity index (χ4v) is 2.44. The Kier molecular flexibility index (Phi) is 4.94. The molecular weight excluding hydrogens is 286 g/mol. The van der Waals surface area contributed by atoms with E-state index in [-0.39, 0.29) is 11.6 Å². The SMILES string of the molecule is CCOC(C)Cn1c(CCCl)nc2c(F)cc(F)cc21. The quantitative estimate of drug-likeness (QED) is 0.763. The Hall–Kier alpha value is -1.20. The van der Waals surface area contributed by atoms with Gasteiger partial charge in [0.1, 0.15) is 17.2 Å². The molecule has 0 aliphatic heterocycles. The summed E-state index contributed by atoms with van der Waals surface area (Å²) in [6, 6.07) is 2.14. The summed E-state index contributed by atoms with van der Waals surface area (Å²) in [6.07, 6.45) is 0.425. The lowest BCUT2D eigenvalue weighted by molar-refractivity contribution is 0.0642. The average Bonchev–Trinajstić information content (AvgIpc) is 2.69. The van der Waals surface area contributed by atoms with E-state index >= 15 is 0 Å². The molecule has 1 unspecified atom stereocenters. The molecule has 1 aromatic carbocycles. The zero-order valence-electron chi connectivity index (χ0n) is 11.5. The summed E-state index contributed by atoms with van der Waals surface area (Å²) in [5, 5.41) is 0. The van der Waals surface area contributed by atoms with Gasteiger partial charge in [-0.3, -0.25) is 0 Å². The predicted octanol–water partition coefficient (Wildman–Crippen LogP) is 3.52. The number of halogens is 3. The summed E-state index contributed by atoms with van der Waals surface area (Å²) in [5.41, 5.74) is 0.615. The lowest BCUT2D eigenvalue weighted by atomic mass is 10.3. The Morgan fingerprint density at radius 2 is 2.15 bits per heavy atom. The van der Waals surface area contributed by atoms with Crippen LogP contribution in [0.4, 0.5) is 8.78 Å². The molecule has 1 aromatic heterocycles. The minimum Gasteiger partial charge on any atom is -0.377 e. The molecule has 0 bridgehead atoms. The second-order valence-corrected chi connectivity index (χ2v) is 4.98. The Morgan fingerprint density at radius 3 is 2.80 bits per heavy atom. The zero-order chi connectivity index (χ0) is 14.7. The van der Waals surface area contributed by atoms with Gasteiger partial charge in [0.15, 0.2) is 5.82 Å². The molecule has 110 valence electrons. The van der Waals surface area contributed by atoms with Crippen molar-refractivity contribution < 1.29 is 13.5 Å². The zero-order valence-corrected chi connectivity index (χ0v) is 12.3. The number of ether oxygens (including phenoxy) is 1. The van der Waals surface area contributed by atoms with Gasteiger partial charge in [-0.2, -0.15) is 0 Å². The highest BCUT2D eigenvalue weighted by Crippen LogP contribution is 2.22. The first-order valence-corrected chi connectivity index (χ1v) is 7.12. The Bertz CT molecular complexity index is 600. The largest absolute Gasteiger partial charge is 0.377 e. The molecule has 2 aromatic rings. The maximum Gasteiger partial charge on any atom is 0.153 e. The van der Waals surface area contributed by atoms with Crippen LogP contribution in [0.5, 0.6) is 0 Å². The van der Waals surface area contributed by atoms with Crippen molar-refractivity contribution in [2.45, 2.75) is 32.9 Å². The standard InChI is InChI=1S/C14H17ClF2N2O/c1-3-20-9(2)8-19-12-7-10(16)6-11(17)14(12)18-13(19)4-5-15/h6-7,9H,3-5,8H2,1-2H3. The second kappa shape index (κ2) is 6.50. The molecule has 1 atom stereocenters. The van der Waals surface area contributed by atoms with Gasteiger partial charge < -0.3 is 9.30 Å². The van der Waals surface area contributed by atoms with E-state index in [9.17, 15) is 8.78 Å². The molecule has 0 saturated heterocycles. The van der Waals surface area contributed by atoms with Gasteiger partial charge in [0.2, 0.25) is 0 Å². The van der Waals surface area contributed by atoms with E-state index in [0.29, 0.717) is 36.8 Å². The van der Waals surface area contributed by atoms with Crippen molar-refractivity contribution in [2.75, 3.05) is 12.5 Å². The highest BCUT2D eigenvalue weighted by Gasteiger charge is 2.17. The number of fused-ring (bicyclic) bond motifs is 1. The summed E-state index contributed by atoms with van der Waals surface area (Å²) in [4.78, 5) is 4.24. The van der Waals surface area contributed by atoms with Crippen molar-refractivity contribution >= 4 is 22.6 Å². The summed E-state index contributed by atoms with van der Waals surface area (Å²) in [6.45, 7) is 4.89. The fourth-order valence-electron chi connectivity index (χ4n) is 2.27. The van der Waals surface area contributed by atoms with Gasteiger partial charge in [0.05, 0.1) is 18.2 Å². The number of benzene rings is 1. The molecule has 2 rings (SSSR count). The maximum absolute atomic E-state index is 13.8. The number of rotatable bonds is 6. The monoisotopic (exact) mass is 302 g/mol. The van der Waals surface area contributed by atoms with Crippen LogP contribution in [0.3, 0.4) is 0 Å². The Labute approximate surface area is 121 Å². The molecule has 0 fully saturated rings. The first-order chi connectivity index (χ1) is 9.56. The van der Waals surface area contributed by atoms with Crippen LogP contribution in [0, 0.1) is 11.6 Å². The van der Waals surface area contributed by atoms with Gasteiger partial charge in [0.25, 0.3) is 0 Å². The van der Waals surface area contributed by atoms with Gasteiger partial charge in [-0.25, -0.2) is 13.8 Å². The van der Waals surface area contributed by atoms with Crippen molar-refractivity contribution in [3.05, 3.63) is 29.6 Å². The average molecular weight is 303 g/mol. The smallest absolute Gasteiger partial charge is 0.153 e. The number of hydrogen-bond donors (Lipinski definition) is 0. The van der Waals surface area contributed by atoms with Gasteiger partial charge in [-0.05, 0) is 19.9 Å². The minimum absolute atomic E-state index is 0.0715. The van der Waals surface area contributed by atoms with Gasteiger partial charge in [-0.1, -0.05) is 0 Å². The molecule has 20 heavy (non-hydrogen) atoms. The summed E-state index contributed by atoms with van der Waals surface area (Å²) in [5.74, 6) is -0.251. The number of alkyl halides is 1.